The summed E-state index contributed by atoms with van der Waals surface area (Å²) in [7, 11) is 1.27. The van der Waals surface area contributed by atoms with E-state index in [1.165, 1.54) is 7.05 Å². The number of aliphatic carboxylic acids is 1. The second-order valence-electron chi connectivity index (χ2n) is 5.40. The lowest BCUT2D eigenvalue weighted by Gasteiger charge is -2.42. The zero-order chi connectivity index (χ0) is 17.9. The lowest BCUT2D eigenvalue weighted by molar-refractivity contribution is -0.144. The third-order valence-electron chi connectivity index (χ3n) is 3.57. The van der Waals surface area contributed by atoms with Crippen LogP contribution in [-0.4, -0.2) is 94.7 Å². The standard InChI is InChI=1S/C13H19N3O8/c1-14-11(20)15(4-2-9(17)18)13(22)16(12(14)21)5-3-10(19)24-7-8-6-23-8/h8,11,20H,2-7H2,1H3,(H,17,18). The summed E-state index contributed by atoms with van der Waals surface area (Å²) >= 11 is 0. The molecule has 11 nitrogen and oxygen atoms in total. The molecule has 0 radical (unpaired) electrons. The average Bonchev–Trinajstić information content (AvgIpc) is 3.34. The summed E-state index contributed by atoms with van der Waals surface area (Å²) in [6.45, 7) is 0.164. The molecule has 11 heteroatoms. The van der Waals surface area contributed by atoms with Gasteiger partial charge in [-0.3, -0.25) is 19.4 Å². The van der Waals surface area contributed by atoms with Gasteiger partial charge in [-0.15, -0.1) is 0 Å². The predicted molar refractivity (Wildman–Crippen MR) is 75.5 cm³/mol. The molecular weight excluding hydrogens is 326 g/mol. The molecule has 2 N–H and O–H groups in total. The maximum atomic E-state index is 12.3. The van der Waals surface area contributed by atoms with Gasteiger partial charge in [0, 0.05) is 20.1 Å². The summed E-state index contributed by atoms with van der Waals surface area (Å²) in [5.74, 6) is -1.73. The van der Waals surface area contributed by atoms with Crippen LogP contribution < -0.4 is 0 Å². The molecule has 2 aliphatic rings. The van der Waals surface area contributed by atoms with Gasteiger partial charge in [-0.2, -0.15) is 0 Å². The number of aliphatic hydroxyl groups excluding tert-OH is 1. The van der Waals surface area contributed by atoms with Crippen molar-refractivity contribution in [2.24, 2.45) is 0 Å². The van der Waals surface area contributed by atoms with Crippen molar-refractivity contribution in [1.82, 2.24) is 14.7 Å². The molecule has 134 valence electrons. The summed E-state index contributed by atoms with van der Waals surface area (Å²) < 4.78 is 9.80. The fraction of sp³-hybridized carbons (Fsp3) is 0.692. The minimum atomic E-state index is -1.56. The number of amides is 4. The Morgan fingerprint density at radius 2 is 1.92 bits per heavy atom. The van der Waals surface area contributed by atoms with Gasteiger partial charge in [0.2, 0.25) is 6.35 Å². The number of ether oxygens (including phenoxy) is 2. The number of urea groups is 2. The monoisotopic (exact) mass is 345 g/mol. The van der Waals surface area contributed by atoms with Crippen molar-refractivity contribution in [2.75, 3.05) is 33.4 Å². The topological polar surface area (TPSA) is 140 Å². The van der Waals surface area contributed by atoms with E-state index in [4.69, 9.17) is 14.6 Å². The molecule has 2 heterocycles. The molecular formula is C13H19N3O8. The fourth-order valence-corrected chi connectivity index (χ4v) is 2.08. The number of imide groups is 1. The summed E-state index contributed by atoms with van der Waals surface area (Å²) in [4.78, 5) is 49.1. The number of hydrogen-bond donors (Lipinski definition) is 2. The van der Waals surface area contributed by atoms with Crippen molar-refractivity contribution in [2.45, 2.75) is 25.3 Å². The van der Waals surface area contributed by atoms with Crippen molar-refractivity contribution in [3.05, 3.63) is 0 Å². The number of esters is 1. The van der Waals surface area contributed by atoms with Gasteiger partial charge in [0.15, 0.2) is 0 Å². The van der Waals surface area contributed by atoms with Crippen LogP contribution in [0.5, 0.6) is 0 Å². The summed E-state index contributed by atoms with van der Waals surface area (Å²) in [6.07, 6.45) is -2.23. The van der Waals surface area contributed by atoms with Crippen LogP contribution in [0.25, 0.3) is 0 Å². The van der Waals surface area contributed by atoms with E-state index in [1.54, 1.807) is 0 Å². The Hall–Kier alpha value is -2.40. The smallest absolute Gasteiger partial charge is 0.331 e. The SMILES string of the molecule is CN1C(=O)N(CCC(=O)OCC2CO2)C(=O)N(CCC(=O)O)C1O. The van der Waals surface area contributed by atoms with Crippen LogP contribution in [0, 0.1) is 0 Å². The number of carboxylic acids is 1. The van der Waals surface area contributed by atoms with Gasteiger partial charge >= 0.3 is 24.0 Å². The molecule has 4 amide bonds. The number of carbonyl (C=O) groups excluding carboxylic acids is 3. The van der Waals surface area contributed by atoms with Crippen LogP contribution in [0.4, 0.5) is 9.59 Å². The van der Waals surface area contributed by atoms with E-state index >= 15 is 0 Å². The number of carbonyl (C=O) groups is 4. The molecule has 2 saturated heterocycles. The molecule has 0 aromatic carbocycles. The first-order valence-corrected chi connectivity index (χ1v) is 7.33. The minimum absolute atomic E-state index is 0.0833. The maximum absolute atomic E-state index is 12.3. The highest BCUT2D eigenvalue weighted by molar-refractivity contribution is 5.96. The Kier molecular flexibility index (Phi) is 5.57. The Morgan fingerprint density at radius 1 is 1.25 bits per heavy atom. The van der Waals surface area contributed by atoms with Gasteiger partial charge in [0.1, 0.15) is 12.7 Å². The van der Waals surface area contributed by atoms with Gasteiger partial charge in [-0.05, 0) is 0 Å². The quantitative estimate of drug-likeness (QED) is 0.415. The van der Waals surface area contributed by atoms with Crippen LogP contribution >= 0.6 is 0 Å². The van der Waals surface area contributed by atoms with Gasteiger partial charge < -0.3 is 19.7 Å². The highest BCUT2D eigenvalue weighted by Gasteiger charge is 2.41. The number of aliphatic hydroxyl groups is 1. The largest absolute Gasteiger partial charge is 0.481 e. The van der Waals surface area contributed by atoms with Crippen molar-refractivity contribution >= 4 is 24.0 Å². The maximum Gasteiger partial charge on any atom is 0.331 e. The Bertz CT molecular complexity index is 535. The lowest BCUT2D eigenvalue weighted by Crippen LogP contribution is -2.65. The molecule has 24 heavy (non-hydrogen) atoms. The van der Waals surface area contributed by atoms with Gasteiger partial charge in [0.05, 0.1) is 19.4 Å². The molecule has 0 bridgehead atoms. The van der Waals surface area contributed by atoms with E-state index in [0.717, 1.165) is 14.7 Å². The molecule has 2 aliphatic heterocycles. The first kappa shape index (κ1) is 17.9. The molecule has 2 atom stereocenters. The van der Waals surface area contributed by atoms with Gasteiger partial charge in [-0.25, -0.2) is 14.5 Å². The first-order chi connectivity index (χ1) is 11.3. The van der Waals surface area contributed by atoms with Crippen LogP contribution in [0.15, 0.2) is 0 Å². The van der Waals surface area contributed by atoms with Crippen LogP contribution in [0.1, 0.15) is 12.8 Å². The zero-order valence-corrected chi connectivity index (χ0v) is 13.1. The molecule has 2 unspecified atom stereocenters. The van der Waals surface area contributed by atoms with Crippen molar-refractivity contribution < 1.29 is 38.9 Å². The summed E-state index contributed by atoms with van der Waals surface area (Å²) in [6, 6.07) is -1.64. The third kappa shape index (κ3) is 4.32. The minimum Gasteiger partial charge on any atom is -0.481 e. The lowest BCUT2D eigenvalue weighted by atomic mass is 10.3. The molecule has 0 aromatic rings. The highest BCUT2D eigenvalue weighted by atomic mass is 16.6. The van der Waals surface area contributed by atoms with E-state index in [-0.39, 0.29) is 38.6 Å². The Labute approximate surface area is 137 Å². The second kappa shape index (κ2) is 7.45. The van der Waals surface area contributed by atoms with Crippen LogP contribution in [0.2, 0.25) is 0 Å². The average molecular weight is 345 g/mol. The van der Waals surface area contributed by atoms with Gasteiger partial charge in [-0.1, -0.05) is 0 Å². The zero-order valence-electron chi connectivity index (χ0n) is 13.1. The molecule has 0 aliphatic carbocycles. The fourth-order valence-electron chi connectivity index (χ4n) is 2.08. The van der Waals surface area contributed by atoms with Crippen molar-refractivity contribution in [3.8, 4) is 0 Å². The number of hydrogen-bond acceptors (Lipinski definition) is 7. The van der Waals surface area contributed by atoms with E-state index < -0.39 is 30.4 Å². The van der Waals surface area contributed by atoms with Crippen molar-refractivity contribution in [3.63, 3.8) is 0 Å². The van der Waals surface area contributed by atoms with E-state index in [2.05, 4.69) is 0 Å². The first-order valence-electron chi connectivity index (χ1n) is 7.33. The number of rotatable bonds is 8. The number of nitrogens with zero attached hydrogens (tertiary/aromatic N) is 3. The predicted octanol–water partition coefficient (Wildman–Crippen LogP) is -1.14. The molecule has 0 aromatic heterocycles. The molecule has 2 fully saturated rings. The molecule has 0 spiro atoms. The van der Waals surface area contributed by atoms with E-state index in [1.807, 2.05) is 0 Å². The summed E-state index contributed by atoms with van der Waals surface area (Å²) in [5, 5.41) is 18.6. The van der Waals surface area contributed by atoms with E-state index in [0.29, 0.717) is 6.61 Å². The number of epoxide rings is 1. The summed E-state index contributed by atoms with van der Waals surface area (Å²) in [5.41, 5.74) is 0. The Morgan fingerprint density at radius 3 is 2.50 bits per heavy atom. The highest BCUT2D eigenvalue weighted by Crippen LogP contribution is 2.17. The van der Waals surface area contributed by atoms with Gasteiger partial charge in [0.25, 0.3) is 0 Å². The second-order valence-corrected chi connectivity index (χ2v) is 5.40. The third-order valence-corrected chi connectivity index (χ3v) is 3.57. The van der Waals surface area contributed by atoms with Crippen LogP contribution in [-0.2, 0) is 19.1 Å². The molecule has 2 rings (SSSR count). The normalized spacial score (nSPS) is 23.5. The Balaban J connectivity index is 1.92. The molecule has 0 saturated carbocycles. The van der Waals surface area contributed by atoms with E-state index in [9.17, 15) is 24.3 Å². The van der Waals surface area contributed by atoms with Crippen LogP contribution in [0.3, 0.4) is 0 Å². The van der Waals surface area contributed by atoms with Crippen molar-refractivity contribution in [1.29, 1.82) is 0 Å². The number of carboxylic acid groups (broad SMARTS) is 1.